The van der Waals surface area contributed by atoms with Gasteiger partial charge in [0.2, 0.25) is 11.8 Å². The van der Waals surface area contributed by atoms with Gasteiger partial charge in [0.05, 0.1) is 0 Å². The lowest BCUT2D eigenvalue weighted by Crippen LogP contribution is -2.38. The number of nitrogens with zero attached hydrogens (tertiary/aromatic N) is 1. The molecule has 0 N–H and O–H groups in total. The molecule has 3 heteroatoms. The molecule has 1 aliphatic heterocycles. The lowest BCUT2D eigenvalue weighted by atomic mass is 9.81. The molecule has 1 saturated heterocycles. The van der Waals surface area contributed by atoms with Crippen molar-refractivity contribution in [3.05, 3.63) is 0 Å². The molecule has 2 saturated carbocycles. The second-order valence-corrected chi connectivity index (χ2v) is 6.12. The Morgan fingerprint density at radius 1 is 1.41 bits per heavy atom. The predicted octanol–water partition coefficient (Wildman–Crippen LogP) is 2.06. The summed E-state index contributed by atoms with van der Waals surface area (Å²) in [5, 5.41) is 0. The Hall–Kier alpha value is -0.860. The minimum absolute atomic E-state index is 0.00423. The van der Waals surface area contributed by atoms with E-state index in [1.807, 2.05) is 13.8 Å². The van der Waals surface area contributed by atoms with Crippen molar-refractivity contribution in [2.45, 2.75) is 39.5 Å². The smallest absolute Gasteiger partial charge is 0.232 e. The molecular formula is C14H21NO2. The first-order valence-corrected chi connectivity index (χ1v) is 6.98. The maximum absolute atomic E-state index is 12.3. The van der Waals surface area contributed by atoms with Crippen LogP contribution in [-0.2, 0) is 9.59 Å². The minimum Gasteiger partial charge on any atom is -0.282 e. The SMILES string of the molecule is CCC(C)C(=O)N1CC2C3CCC(C3)C2C1=O. The van der Waals surface area contributed by atoms with Crippen LogP contribution >= 0.6 is 0 Å². The van der Waals surface area contributed by atoms with E-state index < -0.39 is 0 Å². The summed E-state index contributed by atoms with van der Waals surface area (Å²) in [5.41, 5.74) is 0. The van der Waals surface area contributed by atoms with Crippen molar-refractivity contribution in [2.24, 2.45) is 29.6 Å². The first-order chi connectivity index (χ1) is 8.13. The van der Waals surface area contributed by atoms with E-state index in [1.54, 1.807) is 4.90 Å². The van der Waals surface area contributed by atoms with Crippen LogP contribution in [0.5, 0.6) is 0 Å². The largest absolute Gasteiger partial charge is 0.282 e. The Kier molecular flexibility index (Phi) is 2.53. The van der Waals surface area contributed by atoms with Crippen molar-refractivity contribution in [3.8, 4) is 0 Å². The Balaban J connectivity index is 1.78. The molecule has 1 heterocycles. The van der Waals surface area contributed by atoms with Crippen LogP contribution in [-0.4, -0.2) is 23.3 Å². The van der Waals surface area contributed by atoms with E-state index in [1.165, 1.54) is 19.3 Å². The third kappa shape index (κ3) is 1.47. The monoisotopic (exact) mass is 235 g/mol. The second-order valence-electron chi connectivity index (χ2n) is 6.12. The van der Waals surface area contributed by atoms with Crippen LogP contribution < -0.4 is 0 Å². The molecule has 5 unspecified atom stereocenters. The van der Waals surface area contributed by atoms with Crippen molar-refractivity contribution >= 4 is 11.8 Å². The lowest BCUT2D eigenvalue weighted by molar-refractivity contribution is -0.146. The summed E-state index contributed by atoms with van der Waals surface area (Å²) in [6.45, 7) is 4.65. The highest BCUT2D eigenvalue weighted by Gasteiger charge is 2.57. The van der Waals surface area contributed by atoms with E-state index in [0.29, 0.717) is 18.4 Å². The van der Waals surface area contributed by atoms with Gasteiger partial charge >= 0.3 is 0 Å². The van der Waals surface area contributed by atoms with Gasteiger partial charge in [-0.05, 0) is 43.4 Å². The Morgan fingerprint density at radius 2 is 2.12 bits per heavy atom. The molecule has 0 aromatic rings. The van der Waals surface area contributed by atoms with Crippen molar-refractivity contribution in [3.63, 3.8) is 0 Å². The van der Waals surface area contributed by atoms with E-state index in [4.69, 9.17) is 0 Å². The third-order valence-electron chi connectivity index (χ3n) is 5.33. The van der Waals surface area contributed by atoms with Gasteiger partial charge in [-0.15, -0.1) is 0 Å². The molecule has 3 rings (SSSR count). The van der Waals surface area contributed by atoms with E-state index in [2.05, 4.69) is 0 Å². The number of imide groups is 1. The van der Waals surface area contributed by atoms with Crippen molar-refractivity contribution in [2.75, 3.05) is 6.54 Å². The Morgan fingerprint density at radius 3 is 2.76 bits per heavy atom. The van der Waals surface area contributed by atoms with Crippen molar-refractivity contribution in [1.82, 2.24) is 4.90 Å². The predicted molar refractivity (Wildman–Crippen MR) is 64.0 cm³/mol. The van der Waals surface area contributed by atoms with Crippen molar-refractivity contribution in [1.29, 1.82) is 0 Å². The fourth-order valence-electron chi connectivity index (χ4n) is 4.18. The van der Waals surface area contributed by atoms with Gasteiger partial charge in [0.25, 0.3) is 0 Å². The van der Waals surface area contributed by atoms with Gasteiger partial charge in [-0.3, -0.25) is 14.5 Å². The van der Waals surface area contributed by atoms with Gasteiger partial charge in [-0.25, -0.2) is 0 Å². The molecule has 94 valence electrons. The second kappa shape index (κ2) is 3.82. The number of fused-ring (bicyclic) bond motifs is 5. The fraction of sp³-hybridized carbons (Fsp3) is 0.857. The summed E-state index contributed by atoms with van der Waals surface area (Å²) in [6.07, 6.45) is 4.56. The topological polar surface area (TPSA) is 37.4 Å². The maximum atomic E-state index is 12.3. The normalized spacial score (nSPS) is 40.8. The maximum Gasteiger partial charge on any atom is 0.232 e. The Labute approximate surface area is 103 Å². The number of likely N-dealkylation sites (tertiary alicyclic amines) is 1. The molecule has 2 bridgehead atoms. The summed E-state index contributed by atoms with van der Waals surface area (Å²) in [6, 6.07) is 0. The molecular weight excluding hydrogens is 214 g/mol. The van der Waals surface area contributed by atoms with E-state index in [0.717, 1.165) is 12.3 Å². The van der Waals surface area contributed by atoms with Gasteiger partial charge in [-0.1, -0.05) is 13.8 Å². The first-order valence-electron chi connectivity index (χ1n) is 6.98. The third-order valence-corrected chi connectivity index (χ3v) is 5.33. The van der Waals surface area contributed by atoms with Gasteiger partial charge in [0.1, 0.15) is 0 Å². The standard InChI is InChI=1S/C14H21NO2/c1-3-8(2)13(16)15-7-11-9-4-5-10(6-9)12(11)14(15)17/h8-12H,3-7H2,1-2H3. The zero-order valence-electron chi connectivity index (χ0n) is 10.7. The zero-order chi connectivity index (χ0) is 12.2. The highest BCUT2D eigenvalue weighted by Crippen LogP contribution is 2.55. The quantitative estimate of drug-likeness (QED) is 0.734. The summed E-state index contributed by atoms with van der Waals surface area (Å²) < 4.78 is 0. The number of hydrogen-bond donors (Lipinski definition) is 0. The van der Waals surface area contributed by atoms with E-state index in [-0.39, 0.29) is 23.7 Å². The molecule has 2 amide bonds. The van der Waals surface area contributed by atoms with Gasteiger partial charge in [-0.2, -0.15) is 0 Å². The molecule has 0 radical (unpaired) electrons. The van der Waals surface area contributed by atoms with E-state index >= 15 is 0 Å². The molecule has 2 aliphatic carbocycles. The average molecular weight is 235 g/mol. The number of hydrogen-bond acceptors (Lipinski definition) is 2. The summed E-state index contributed by atoms with van der Waals surface area (Å²) >= 11 is 0. The molecule has 5 atom stereocenters. The lowest BCUT2D eigenvalue weighted by Gasteiger charge is -2.20. The van der Waals surface area contributed by atoms with Gasteiger partial charge in [0.15, 0.2) is 0 Å². The van der Waals surface area contributed by atoms with E-state index in [9.17, 15) is 9.59 Å². The summed E-state index contributed by atoms with van der Waals surface area (Å²) in [5.74, 6) is 2.21. The molecule has 3 fully saturated rings. The number of carbonyl (C=O) groups excluding carboxylic acids is 2. The first kappa shape index (κ1) is 11.2. The summed E-state index contributed by atoms with van der Waals surface area (Å²) in [4.78, 5) is 26.1. The fourth-order valence-corrected chi connectivity index (χ4v) is 4.18. The zero-order valence-corrected chi connectivity index (χ0v) is 10.7. The number of amides is 2. The molecule has 3 aliphatic rings. The summed E-state index contributed by atoms with van der Waals surface area (Å²) in [7, 11) is 0. The van der Waals surface area contributed by atoms with Crippen LogP contribution in [0.4, 0.5) is 0 Å². The van der Waals surface area contributed by atoms with Crippen molar-refractivity contribution < 1.29 is 9.59 Å². The van der Waals surface area contributed by atoms with Crippen LogP contribution in [0.15, 0.2) is 0 Å². The van der Waals surface area contributed by atoms with Crippen LogP contribution in [0.2, 0.25) is 0 Å². The highest BCUT2D eigenvalue weighted by molar-refractivity contribution is 5.99. The number of carbonyl (C=O) groups is 2. The van der Waals surface area contributed by atoms with Gasteiger partial charge in [0, 0.05) is 18.4 Å². The molecule has 3 nitrogen and oxygen atoms in total. The van der Waals surface area contributed by atoms with Crippen LogP contribution in [0, 0.1) is 29.6 Å². The minimum atomic E-state index is -0.00423. The Bertz CT molecular complexity index is 365. The molecule has 0 aromatic carbocycles. The molecule has 0 aromatic heterocycles. The van der Waals surface area contributed by atoms with Crippen LogP contribution in [0.25, 0.3) is 0 Å². The van der Waals surface area contributed by atoms with Crippen LogP contribution in [0.1, 0.15) is 39.5 Å². The molecule has 0 spiro atoms. The van der Waals surface area contributed by atoms with Crippen LogP contribution in [0.3, 0.4) is 0 Å². The van der Waals surface area contributed by atoms with Gasteiger partial charge < -0.3 is 0 Å². The number of rotatable bonds is 2. The molecule has 17 heavy (non-hydrogen) atoms. The highest BCUT2D eigenvalue weighted by atomic mass is 16.2. The average Bonchev–Trinajstić information content (AvgIpc) is 2.99.